The smallest absolute Gasteiger partial charge is 0.321 e. The molecule has 31 heavy (non-hydrogen) atoms. The van der Waals surface area contributed by atoms with Gasteiger partial charge in [0.1, 0.15) is 6.54 Å². The zero-order valence-electron chi connectivity index (χ0n) is 16.4. The molecule has 1 amide bonds. The molecule has 1 aliphatic heterocycles. The largest absolute Gasteiger partial charge is 0.490 e. The number of nitrogens with one attached hydrogen (secondary N) is 2. The topological polar surface area (TPSA) is 120 Å². The van der Waals surface area contributed by atoms with E-state index in [1.54, 1.807) is 24.3 Å². The van der Waals surface area contributed by atoms with Crippen LogP contribution in [0.15, 0.2) is 47.4 Å². The van der Waals surface area contributed by atoms with Crippen LogP contribution in [0, 0.1) is 0 Å². The SMILES string of the molecule is O=C(COC(=O)CNS(=O)(=O)c1ccc2c(c1)OCCCO2)NCc1ccccc1Cl. The van der Waals surface area contributed by atoms with Crippen molar-refractivity contribution in [3.63, 3.8) is 0 Å². The number of hydrogen-bond acceptors (Lipinski definition) is 7. The predicted octanol–water partition coefficient (Wildman–Crippen LogP) is 1.64. The molecule has 0 aliphatic carbocycles. The third-order valence-electron chi connectivity index (χ3n) is 4.23. The highest BCUT2D eigenvalue weighted by Crippen LogP contribution is 2.31. The Morgan fingerprint density at radius 2 is 1.81 bits per heavy atom. The molecular formula is C20H21ClN2O7S. The summed E-state index contributed by atoms with van der Waals surface area (Å²) in [5, 5.41) is 3.07. The maximum absolute atomic E-state index is 12.4. The maximum atomic E-state index is 12.4. The summed E-state index contributed by atoms with van der Waals surface area (Å²) in [5.41, 5.74) is 0.715. The second-order valence-electron chi connectivity index (χ2n) is 6.51. The molecule has 1 aliphatic rings. The van der Waals surface area contributed by atoms with Gasteiger partial charge in [-0.2, -0.15) is 4.72 Å². The average Bonchev–Trinajstić information content (AvgIpc) is 3.00. The number of carbonyl (C=O) groups is 2. The molecule has 0 radical (unpaired) electrons. The van der Waals surface area contributed by atoms with Crippen LogP contribution in [0.1, 0.15) is 12.0 Å². The van der Waals surface area contributed by atoms with Gasteiger partial charge in [0, 0.05) is 24.1 Å². The van der Waals surface area contributed by atoms with Crippen molar-refractivity contribution in [1.29, 1.82) is 0 Å². The molecule has 0 fully saturated rings. The van der Waals surface area contributed by atoms with Gasteiger partial charge in [0.25, 0.3) is 5.91 Å². The van der Waals surface area contributed by atoms with Gasteiger partial charge in [0.2, 0.25) is 10.0 Å². The minimum absolute atomic E-state index is 0.0815. The molecule has 0 aromatic heterocycles. The van der Waals surface area contributed by atoms with Crippen LogP contribution in [0.4, 0.5) is 0 Å². The molecular weight excluding hydrogens is 448 g/mol. The summed E-state index contributed by atoms with van der Waals surface area (Å²) >= 11 is 6.00. The monoisotopic (exact) mass is 468 g/mol. The van der Waals surface area contributed by atoms with E-state index in [2.05, 4.69) is 10.0 Å². The van der Waals surface area contributed by atoms with Crippen LogP contribution >= 0.6 is 11.6 Å². The lowest BCUT2D eigenvalue weighted by atomic mass is 10.2. The maximum Gasteiger partial charge on any atom is 0.321 e. The Balaban J connectivity index is 1.46. The zero-order valence-corrected chi connectivity index (χ0v) is 18.0. The van der Waals surface area contributed by atoms with Crippen LogP contribution in [-0.4, -0.2) is 46.7 Å². The van der Waals surface area contributed by atoms with E-state index >= 15 is 0 Å². The molecule has 2 aromatic carbocycles. The predicted molar refractivity (Wildman–Crippen MR) is 111 cm³/mol. The molecule has 9 nitrogen and oxygen atoms in total. The first-order valence-corrected chi connectivity index (χ1v) is 11.3. The summed E-state index contributed by atoms with van der Waals surface area (Å²) in [5.74, 6) is -0.665. The Bertz CT molecular complexity index is 1060. The lowest BCUT2D eigenvalue weighted by molar-refractivity contribution is -0.147. The number of halogens is 1. The first-order chi connectivity index (χ1) is 14.8. The Hall–Kier alpha value is -2.82. The summed E-state index contributed by atoms with van der Waals surface area (Å²) in [4.78, 5) is 23.6. The van der Waals surface area contributed by atoms with Gasteiger partial charge >= 0.3 is 5.97 Å². The van der Waals surface area contributed by atoms with Gasteiger partial charge < -0.3 is 19.5 Å². The van der Waals surface area contributed by atoms with Crippen molar-refractivity contribution in [2.45, 2.75) is 17.9 Å². The first-order valence-electron chi connectivity index (χ1n) is 9.40. The van der Waals surface area contributed by atoms with E-state index in [9.17, 15) is 18.0 Å². The van der Waals surface area contributed by atoms with Gasteiger partial charge in [0.15, 0.2) is 18.1 Å². The van der Waals surface area contributed by atoms with E-state index in [-0.39, 0.29) is 11.4 Å². The number of hydrogen-bond donors (Lipinski definition) is 2. The molecule has 0 saturated heterocycles. The van der Waals surface area contributed by atoms with Crippen LogP contribution in [0.2, 0.25) is 5.02 Å². The number of fused-ring (bicyclic) bond motifs is 1. The number of carbonyl (C=O) groups excluding carboxylic acids is 2. The van der Waals surface area contributed by atoms with Gasteiger partial charge in [0.05, 0.1) is 18.1 Å². The fraction of sp³-hybridized carbons (Fsp3) is 0.300. The summed E-state index contributed by atoms with van der Waals surface area (Å²) < 4.78 is 42.7. The molecule has 0 spiro atoms. The highest BCUT2D eigenvalue weighted by atomic mass is 35.5. The lowest BCUT2D eigenvalue weighted by Crippen LogP contribution is -2.33. The van der Waals surface area contributed by atoms with Crippen molar-refractivity contribution >= 4 is 33.5 Å². The molecule has 166 valence electrons. The number of sulfonamides is 1. The molecule has 11 heteroatoms. The van der Waals surface area contributed by atoms with E-state index in [4.69, 9.17) is 25.8 Å². The Labute approximate surface area is 184 Å². The lowest BCUT2D eigenvalue weighted by Gasteiger charge is -2.11. The van der Waals surface area contributed by atoms with E-state index in [1.165, 1.54) is 18.2 Å². The van der Waals surface area contributed by atoms with Gasteiger partial charge in [-0.15, -0.1) is 0 Å². The van der Waals surface area contributed by atoms with E-state index < -0.39 is 35.1 Å². The Morgan fingerprint density at radius 1 is 1.06 bits per heavy atom. The van der Waals surface area contributed by atoms with Gasteiger partial charge in [-0.1, -0.05) is 29.8 Å². The summed E-state index contributed by atoms with van der Waals surface area (Å²) in [7, 11) is -3.99. The van der Waals surface area contributed by atoms with Gasteiger partial charge in [-0.25, -0.2) is 8.42 Å². The second kappa shape index (κ2) is 10.5. The third-order valence-corrected chi connectivity index (χ3v) is 6.00. The minimum Gasteiger partial charge on any atom is -0.490 e. The molecule has 0 saturated carbocycles. The minimum atomic E-state index is -3.99. The number of rotatable bonds is 8. The van der Waals surface area contributed by atoms with Crippen molar-refractivity contribution < 1.29 is 32.2 Å². The highest BCUT2D eigenvalue weighted by molar-refractivity contribution is 7.89. The zero-order chi connectivity index (χ0) is 22.3. The van der Waals surface area contributed by atoms with Gasteiger partial charge in [-0.05, 0) is 23.8 Å². The van der Waals surface area contributed by atoms with Crippen LogP contribution in [-0.2, 0) is 30.9 Å². The van der Waals surface area contributed by atoms with E-state index in [1.807, 2.05) is 0 Å². The van der Waals surface area contributed by atoms with Crippen molar-refractivity contribution in [3.8, 4) is 11.5 Å². The molecule has 1 heterocycles. The summed E-state index contributed by atoms with van der Waals surface area (Å²) in [6, 6.07) is 11.2. The summed E-state index contributed by atoms with van der Waals surface area (Å²) in [6.45, 7) is -0.111. The van der Waals surface area contributed by atoms with Crippen molar-refractivity contribution in [1.82, 2.24) is 10.0 Å². The quantitative estimate of drug-likeness (QED) is 0.565. The Kier molecular flexibility index (Phi) is 7.72. The van der Waals surface area contributed by atoms with Crippen molar-refractivity contribution in [2.24, 2.45) is 0 Å². The molecule has 2 N–H and O–H groups in total. The van der Waals surface area contributed by atoms with E-state index in [0.29, 0.717) is 41.7 Å². The fourth-order valence-corrected chi connectivity index (χ4v) is 3.82. The third kappa shape index (κ3) is 6.58. The fourth-order valence-electron chi connectivity index (χ4n) is 2.63. The van der Waals surface area contributed by atoms with Crippen LogP contribution in [0.3, 0.4) is 0 Å². The molecule has 3 rings (SSSR count). The normalized spacial score (nSPS) is 13.2. The van der Waals surface area contributed by atoms with Gasteiger partial charge in [-0.3, -0.25) is 9.59 Å². The van der Waals surface area contributed by atoms with Crippen LogP contribution in [0.25, 0.3) is 0 Å². The number of amides is 1. The number of esters is 1. The molecule has 2 aromatic rings. The van der Waals surface area contributed by atoms with Crippen molar-refractivity contribution in [2.75, 3.05) is 26.4 Å². The highest BCUT2D eigenvalue weighted by Gasteiger charge is 2.20. The number of benzene rings is 2. The molecule has 0 atom stereocenters. The Morgan fingerprint density at radius 3 is 2.58 bits per heavy atom. The van der Waals surface area contributed by atoms with Crippen LogP contribution in [0.5, 0.6) is 11.5 Å². The molecule has 0 bridgehead atoms. The standard InChI is InChI=1S/C20H21ClN2O7S/c21-16-5-2-1-4-14(16)11-22-19(24)13-30-20(25)12-23-31(26,27)15-6-7-17-18(10-15)29-9-3-8-28-17/h1-2,4-7,10,23H,3,8-9,11-13H2,(H,22,24). The summed E-state index contributed by atoms with van der Waals surface area (Å²) in [6.07, 6.45) is 0.687. The van der Waals surface area contributed by atoms with E-state index in [0.717, 1.165) is 0 Å². The molecule has 0 unspecified atom stereocenters. The second-order valence-corrected chi connectivity index (χ2v) is 8.69. The average molecular weight is 469 g/mol. The van der Waals surface area contributed by atoms with Crippen LogP contribution < -0.4 is 19.5 Å². The van der Waals surface area contributed by atoms with Crippen molar-refractivity contribution in [3.05, 3.63) is 53.1 Å². The number of ether oxygens (including phenoxy) is 3. The first kappa shape index (κ1) is 22.9.